The fourth-order valence-corrected chi connectivity index (χ4v) is 11.1. The van der Waals surface area contributed by atoms with Gasteiger partial charge in [-0.2, -0.15) is 0 Å². The van der Waals surface area contributed by atoms with Gasteiger partial charge in [0.25, 0.3) is 0 Å². The number of hydrogen-bond acceptors (Lipinski definition) is 2. The van der Waals surface area contributed by atoms with Crippen molar-refractivity contribution in [2.75, 3.05) is 4.90 Å². The first-order chi connectivity index (χ1) is 31.9. The highest BCUT2D eigenvalue weighted by atomic mass is 16.3. The number of furan rings is 1. The first-order valence-electron chi connectivity index (χ1n) is 24.9. The molecule has 0 atom stereocenters. The van der Waals surface area contributed by atoms with E-state index in [2.05, 4.69) is 247 Å². The molecule has 4 heterocycles. The van der Waals surface area contributed by atoms with Crippen molar-refractivity contribution in [3.05, 3.63) is 161 Å². The maximum atomic E-state index is 7.63. The van der Waals surface area contributed by atoms with E-state index < -0.39 is 0 Å². The van der Waals surface area contributed by atoms with Gasteiger partial charge in [0.05, 0.1) is 0 Å². The van der Waals surface area contributed by atoms with Gasteiger partial charge in [0.15, 0.2) is 0 Å². The number of nitrogens with zero attached hydrogens (tertiary/aromatic N) is 2. The van der Waals surface area contributed by atoms with E-state index in [-0.39, 0.29) is 33.9 Å². The SMILES string of the molecule is CC(C)(C)c1cc(N2c3cc(C(C)(C)C)cc4c3B(c3c2ccc2c(-c5ccccc5)c(-c5ccccc5)oc32)n2c3ccc(C(C)(C)C)cc3c3cc(C(C)(C)C)cc-4c32)cc(C(C)(C)C)c1. The first kappa shape index (κ1) is 44.3. The molecule has 0 aliphatic carbocycles. The van der Waals surface area contributed by atoms with Crippen LogP contribution >= 0.6 is 0 Å². The summed E-state index contributed by atoms with van der Waals surface area (Å²) < 4.78 is 10.3. The van der Waals surface area contributed by atoms with Crippen LogP contribution in [-0.4, -0.2) is 11.3 Å². The van der Waals surface area contributed by atoms with Gasteiger partial charge in [0, 0.05) is 66.4 Å². The highest BCUT2D eigenvalue weighted by Gasteiger charge is 2.46. The van der Waals surface area contributed by atoms with Crippen LogP contribution in [0.1, 0.15) is 132 Å². The highest BCUT2D eigenvalue weighted by Crippen LogP contribution is 2.51. The largest absolute Gasteiger partial charge is 0.456 e. The van der Waals surface area contributed by atoms with Crippen LogP contribution in [0.2, 0.25) is 0 Å². The van der Waals surface area contributed by atoms with Crippen molar-refractivity contribution in [1.82, 2.24) is 4.48 Å². The predicted molar refractivity (Wildman–Crippen MR) is 294 cm³/mol. The number of fused-ring (bicyclic) bond motifs is 9. The smallest absolute Gasteiger partial charge is 0.337 e. The monoisotopic (exact) mass is 891 g/mol. The van der Waals surface area contributed by atoms with Gasteiger partial charge in [0.1, 0.15) is 11.3 Å². The zero-order valence-corrected chi connectivity index (χ0v) is 43.1. The van der Waals surface area contributed by atoms with Crippen LogP contribution in [0.5, 0.6) is 0 Å². The summed E-state index contributed by atoms with van der Waals surface area (Å²) in [4.78, 5) is 2.62. The molecule has 0 radical (unpaired) electrons. The molecule has 0 saturated heterocycles. The molecular formula is C64H67BN2O. The van der Waals surface area contributed by atoms with E-state index in [4.69, 9.17) is 4.42 Å². The van der Waals surface area contributed by atoms with E-state index >= 15 is 0 Å². The summed E-state index contributed by atoms with van der Waals surface area (Å²) in [7, 11) is 0. The molecule has 0 N–H and O–H groups in total. The van der Waals surface area contributed by atoms with Gasteiger partial charge in [-0.15, -0.1) is 0 Å². The van der Waals surface area contributed by atoms with Crippen molar-refractivity contribution >= 4 is 67.6 Å². The van der Waals surface area contributed by atoms with Gasteiger partial charge in [0.2, 0.25) is 0 Å². The summed E-state index contributed by atoms with van der Waals surface area (Å²) in [5, 5.41) is 3.75. The molecule has 3 nitrogen and oxygen atoms in total. The third-order valence-corrected chi connectivity index (χ3v) is 15.1. The molecule has 11 rings (SSSR count). The lowest BCUT2D eigenvalue weighted by molar-refractivity contribution is 0.568. The summed E-state index contributed by atoms with van der Waals surface area (Å²) in [5.41, 5.74) is 21.9. The maximum Gasteiger partial charge on any atom is 0.337 e. The molecule has 2 aromatic heterocycles. The molecule has 7 aromatic carbocycles. The average molecular weight is 891 g/mol. The van der Waals surface area contributed by atoms with Crippen LogP contribution in [0, 0.1) is 0 Å². The normalized spacial score (nSPS) is 14.0. The Labute approximate surface area is 405 Å². The molecule has 0 fully saturated rings. The third kappa shape index (κ3) is 6.83. The van der Waals surface area contributed by atoms with Crippen LogP contribution in [-0.2, 0) is 27.1 Å². The van der Waals surface area contributed by atoms with Gasteiger partial charge in [-0.3, -0.25) is 0 Å². The second kappa shape index (κ2) is 14.6. The standard InChI is InChI=1S/C64H67BN2O/c1-60(2,3)40-26-28-51-47(33-40)49-35-43(63(10,11)12)36-50-48-34-44(64(13,14)15)37-53-55(48)65(67(51)57(49)50)56-52(66(53)45-31-41(61(4,5)6)30-42(32-45)62(7,8)9)29-27-46-54(38-22-18-16-19-23-38)58(68-59(46)56)39-24-20-17-21-25-39/h16-37H,1-15H3. The Hall–Kier alpha value is -6.26. The van der Waals surface area contributed by atoms with Crippen molar-refractivity contribution < 1.29 is 4.42 Å². The van der Waals surface area contributed by atoms with Crippen molar-refractivity contribution in [3.63, 3.8) is 0 Å². The minimum Gasteiger partial charge on any atom is -0.456 e. The summed E-state index contributed by atoms with van der Waals surface area (Å²) >= 11 is 0. The molecular weight excluding hydrogens is 824 g/mol. The van der Waals surface area contributed by atoms with Gasteiger partial charge >= 0.3 is 6.85 Å². The Morgan fingerprint density at radius 2 is 0.941 bits per heavy atom. The summed E-state index contributed by atoms with van der Waals surface area (Å²) in [6, 6.07) is 51.2. The number of aromatic nitrogens is 1. The van der Waals surface area contributed by atoms with Crippen LogP contribution in [0.25, 0.3) is 66.4 Å². The fourth-order valence-electron chi connectivity index (χ4n) is 11.1. The molecule has 0 saturated carbocycles. The highest BCUT2D eigenvalue weighted by molar-refractivity contribution is 6.91. The van der Waals surface area contributed by atoms with Gasteiger partial charge < -0.3 is 13.8 Å². The van der Waals surface area contributed by atoms with E-state index in [1.807, 2.05) is 0 Å². The zero-order valence-electron chi connectivity index (χ0n) is 43.1. The Balaban J connectivity index is 1.37. The molecule has 342 valence electrons. The van der Waals surface area contributed by atoms with Crippen molar-refractivity contribution in [3.8, 4) is 33.6 Å². The van der Waals surface area contributed by atoms with Crippen molar-refractivity contribution in [2.45, 2.75) is 131 Å². The first-order valence-corrected chi connectivity index (χ1v) is 24.9. The van der Waals surface area contributed by atoms with E-state index in [0.717, 1.165) is 39.1 Å². The van der Waals surface area contributed by atoms with E-state index in [1.54, 1.807) is 0 Å². The summed E-state index contributed by atoms with van der Waals surface area (Å²) in [6.07, 6.45) is 0. The maximum absolute atomic E-state index is 7.63. The second-order valence-corrected chi connectivity index (χ2v) is 25.1. The molecule has 2 aliphatic rings. The number of benzene rings is 7. The molecule has 4 heteroatoms. The lowest BCUT2D eigenvalue weighted by atomic mass is 9.44. The van der Waals surface area contributed by atoms with Gasteiger partial charge in [-0.1, -0.05) is 183 Å². The topological polar surface area (TPSA) is 21.3 Å². The molecule has 9 aromatic rings. The van der Waals surface area contributed by atoms with Crippen LogP contribution in [0.15, 0.2) is 138 Å². The number of rotatable bonds is 3. The van der Waals surface area contributed by atoms with E-state index in [9.17, 15) is 0 Å². The molecule has 0 spiro atoms. The zero-order chi connectivity index (χ0) is 48.2. The Morgan fingerprint density at radius 3 is 1.53 bits per heavy atom. The lowest BCUT2D eigenvalue weighted by Crippen LogP contribution is -2.57. The van der Waals surface area contributed by atoms with Crippen molar-refractivity contribution in [2.24, 2.45) is 0 Å². The third-order valence-electron chi connectivity index (χ3n) is 15.1. The fraction of sp³-hybridized carbons (Fsp3) is 0.312. The van der Waals surface area contributed by atoms with E-state index in [0.29, 0.717) is 0 Å². The van der Waals surface area contributed by atoms with Crippen molar-refractivity contribution in [1.29, 1.82) is 0 Å². The van der Waals surface area contributed by atoms with Crippen LogP contribution in [0.3, 0.4) is 0 Å². The number of hydrogen-bond donors (Lipinski definition) is 0. The van der Waals surface area contributed by atoms with Gasteiger partial charge in [-0.05, 0) is 126 Å². The molecule has 0 bridgehead atoms. The predicted octanol–water partition coefficient (Wildman–Crippen LogP) is 16.8. The number of anilines is 3. The summed E-state index contributed by atoms with van der Waals surface area (Å²) in [6.45, 7) is 35.1. The Morgan fingerprint density at radius 1 is 0.412 bits per heavy atom. The molecule has 0 amide bonds. The minimum atomic E-state index is -0.191. The van der Waals surface area contributed by atoms with Crippen LogP contribution in [0.4, 0.5) is 17.1 Å². The van der Waals surface area contributed by atoms with E-state index in [1.165, 1.54) is 83.1 Å². The second-order valence-electron chi connectivity index (χ2n) is 25.1. The molecule has 68 heavy (non-hydrogen) atoms. The minimum absolute atomic E-state index is 0.0154. The Bertz CT molecular complexity index is 3480. The molecule has 0 unspecified atom stereocenters. The lowest BCUT2D eigenvalue weighted by Gasteiger charge is -2.42. The van der Waals surface area contributed by atoms with Crippen LogP contribution < -0.4 is 15.8 Å². The summed E-state index contributed by atoms with van der Waals surface area (Å²) in [5.74, 6) is 0.897. The van der Waals surface area contributed by atoms with Gasteiger partial charge in [-0.25, -0.2) is 0 Å². The molecule has 2 aliphatic heterocycles. The quantitative estimate of drug-likeness (QED) is 0.165. The Kier molecular flexibility index (Phi) is 9.52. The average Bonchev–Trinajstić information content (AvgIpc) is 3.83.